The number of benzene rings is 3. The molecule has 0 aromatic heterocycles. The molecule has 2 heterocycles. The Kier molecular flexibility index (Phi) is 4.98. The van der Waals surface area contributed by atoms with E-state index in [2.05, 4.69) is 0 Å². The van der Waals surface area contributed by atoms with Gasteiger partial charge in [-0.05, 0) is 48.0 Å². The summed E-state index contributed by atoms with van der Waals surface area (Å²) in [6.45, 7) is 0. The van der Waals surface area contributed by atoms with E-state index in [0.717, 1.165) is 0 Å². The third-order valence-electron chi connectivity index (χ3n) is 5.61. The Bertz CT molecular complexity index is 1360. The number of hydrogen-bond donors (Lipinski definition) is 1. The quantitative estimate of drug-likeness (QED) is 0.324. The third-order valence-corrected chi connectivity index (χ3v) is 5.94. The summed E-state index contributed by atoms with van der Waals surface area (Å²) in [6, 6.07) is 13.3. The van der Waals surface area contributed by atoms with Gasteiger partial charge >= 0.3 is 11.9 Å². The molecule has 0 saturated heterocycles. The second-order valence-electron chi connectivity index (χ2n) is 7.59. The number of allylic oxidation sites excluding steroid dienone is 1. The maximum atomic E-state index is 14.3. The molecule has 0 aliphatic carbocycles. The number of halogens is 2. The average Bonchev–Trinajstić information content (AvgIpc) is 3.11. The molecule has 2 aliphatic heterocycles. The fourth-order valence-electron chi connectivity index (χ4n) is 4.03. The van der Waals surface area contributed by atoms with Crippen LogP contribution in [0.15, 0.2) is 60.4 Å². The van der Waals surface area contributed by atoms with E-state index >= 15 is 0 Å². The van der Waals surface area contributed by atoms with Crippen molar-refractivity contribution in [3.8, 4) is 11.5 Å². The van der Waals surface area contributed by atoms with E-state index in [1.165, 1.54) is 48.5 Å². The van der Waals surface area contributed by atoms with Crippen LogP contribution >= 0.6 is 11.6 Å². The van der Waals surface area contributed by atoms with Crippen LogP contribution < -0.4 is 9.47 Å². The van der Waals surface area contributed by atoms with Crippen LogP contribution in [0.4, 0.5) is 4.39 Å². The maximum Gasteiger partial charge on any atom is 0.335 e. The maximum absolute atomic E-state index is 14.3. The highest BCUT2D eigenvalue weighted by Crippen LogP contribution is 2.49. The van der Waals surface area contributed by atoms with Crippen molar-refractivity contribution in [2.45, 2.75) is 12.3 Å². The molecule has 0 fully saturated rings. The van der Waals surface area contributed by atoms with Crippen molar-refractivity contribution in [1.29, 1.82) is 0 Å². The van der Waals surface area contributed by atoms with Gasteiger partial charge in [-0.2, -0.15) is 0 Å². The number of aromatic carboxylic acids is 1. The molecule has 0 spiro atoms. The summed E-state index contributed by atoms with van der Waals surface area (Å²) in [7, 11) is 0. The topological polar surface area (TPSA) is 89.9 Å². The van der Waals surface area contributed by atoms with Gasteiger partial charge in [0.05, 0.1) is 22.6 Å². The van der Waals surface area contributed by atoms with Crippen LogP contribution in [0.1, 0.15) is 49.7 Å². The lowest BCUT2D eigenvalue weighted by Crippen LogP contribution is -2.21. The number of esters is 1. The molecule has 3 aromatic carbocycles. The number of carbonyl (C=O) groups excluding carboxylic acids is 2. The van der Waals surface area contributed by atoms with Gasteiger partial charge in [0.15, 0.2) is 5.76 Å². The molecule has 5 rings (SSSR count). The van der Waals surface area contributed by atoms with Crippen LogP contribution in [0.5, 0.6) is 11.5 Å². The molecule has 6 nitrogen and oxygen atoms in total. The molecule has 0 unspecified atom stereocenters. The summed E-state index contributed by atoms with van der Waals surface area (Å²) in [4.78, 5) is 36.4. The summed E-state index contributed by atoms with van der Waals surface area (Å²) in [5.74, 6) is -2.76. The molecule has 2 aliphatic rings. The average molecular weight is 465 g/mol. The number of carbonyl (C=O) groups is 3. The van der Waals surface area contributed by atoms with Gasteiger partial charge in [0, 0.05) is 17.0 Å². The van der Waals surface area contributed by atoms with Crippen LogP contribution in [0.2, 0.25) is 5.02 Å². The number of carboxylic acid groups (broad SMARTS) is 1. The van der Waals surface area contributed by atoms with Crippen LogP contribution in [-0.2, 0) is 4.79 Å². The highest BCUT2D eigenvalue weighted by Gasteiger charge is 2.38. The summed E-state index contributed by atoms with van der Waals surface area (Å²) >= 11 is 6.09. The zero-order valence-corrected chi connectivity index (χ0v) is 17.6. The Balaban J connectivity index is 1.61. The Morgan fingerprint density at radius 3 is 2.52 bits per heavy atom. The van der Waals surface area contributed by atoms with Gasteiger partial charge in [-0.1, -0.05) is 29.8 Å². The highest BCUT2D eigenvalue weighted by molar-refractivity contribution is 6.32. The van der Waals surface area contributed by atoms with Crippen LogP contribution in [-0.4, -0.2) is 22.8 Å². The van der Waals surface area contributed by atoms with Crippen molar-refractivity contribution in [2.24, 2.45) is 0 Å². The molecule has 33 heavy (non-hydrogen) atoms. The van der Waals surface area contributed by atoms with Crippen molar-refractivity contribution in [3.05, 3.63) is 99.0 Å². The first-order valence-corrected chi connectivity index (χ1v) is 10.3. The van der Waals surface area contributed by atoms with Gasteiger partial charge in [-0.25, -0.2) is 9.18 Å². The molecular weight excluding hydrogens is 451 g/mol. The smallest absolute Gasteiger partial charge is 0.335 e. The number of carboxylic acids is 1. The summed E-state index contributed by atoms with van der Waals surface area (Å²) in [5.41, 5.74) is 1.53. The fraction of sp³-hybridized carbons (Fsp3) is 0.0800. The van der Waals surface area contributed by atoms with Gasteiger partial charge in [0.2, 0.25) is 5.78 Å². The Hall–Kier alpha value is -3.97. The second-order valence-corrected chi connectivity index (χ2v) is 7.99. The minimum Gasteiger partial charge on any atom is -0.478 e. The number of rotatable bonds is 3. The Morgan fingerprint density at radius 2 is 1.82 bits per heavy atom. The predicted molar refractivity (Wildman–Crippen MR) is 116 cm³/mol. The van der Waals surface area contributed by atoms with Gasteiger partial charge in [0.1, 0.15) is 17.3 Å². The molecule has 0 bridgehead atoms. The van der Waals surface area contributed by atoms with Crippen molar-refractivity contribution in [3.63, 3.8) is 0 Å². The van der Waals surface area contributed by atoms with E-state index in [0.29, 0.717) is 11.1 Å². The van der Waals surface area contributed by atoms with Gasteiger partial charge in [0.25, 0.3) is 0 Å². The molecule has 1 atom stereocenters. The fourth-order valence-corrected chi connectivity index (χ4v) is 4.25. The van der Waals surface area contributed by atoms with E-state index in [9.17, 15) is 18.8 Å². The third kappa shape index (κ3) is 3.56. The highest BCUT2D eigenvalue weighted by atomic mass is 35.5. The normalized spacial score (nSPS) is 17.9. The molecule has 3 aromatic rings. The van der Waals surface area contributed by atoms with Crippen LogP contribution in [0.25, 0.3) is 6.08 Å². The minimum atomic E-state index is -1.07. The van der Waals surface area contributed by atoms with E-state index in [1.807, 2.05) is 0 Å². The largest absolute Gasteiger partial charge is 0.478 e. The van der Waals surface area contributed by atoms with Crippen molar-refractivity contribution >= 4 is 35.4 Å². The summed E-state index contributed by atoms with van der Waals surface area (Å²) in [6.07, 6.45) is 1.23. The Morgan fingerprint density at radius 1 is 1.06 bits per heavy atom. The first kappa shape index (κ1) is 20.9. The molecule has 0 amide bonds. The summed E-state index contributed by atoms with van der Waals surface area (Å²) < 4.78 is 25.5. The lowest BCUT2D eigenvalue weighted by Gasteiger charge is -2.26. The standard InChI is InChI=1S/C25H14ClFO6/c26-17-2-1-3-18(27)16(17)10-20-23(29)14-8-9-19-22(24(14)33-20)15(11-21(28)32-19)12-4-6-13(7-5-12)25(30)31/h1-10,15H,11H2,(H,30,31)/b20-10-/t15-/m0/s1. The van der Waals surface area contributed by atoms with E-state index in [4.69, 9.17) is 26.2 Å². The van der Waals surface area contributed by atoms with Crippen molar-refractivity contribution in [2.75, 3.05) is 0 Å². The summed E-state index contributed by atoms with van der Waals surface area (Å²) in [5, 5.41) is 9.28. The van der Waals surface area contributed by atoms with Gasteiger partial charge in [-0.3, -0.25) is 9.59 Å². The van der Waals surface area contributed by atoms with E-state index in [1.54, 1.807) is 12.1 Å². The number of Topliss-reactive ketones (excluding diaryl/α,β-unsaturated/α-hetero) is 1. The predicted octanol–water partition coefficient (Wildman–Crippen LogP) is 5.23. The molecule has 0 saturated carbocycles. The lowest BCUT2D eigenvalue weighted by atomic mass is 9.84. The molecule has 1 N–H and O–H groups in total. The zero-order valence-electron chi connectivity index (χ0n) is 16.8. The Labute approximate surface area is 191 Å². The monoisotopic (exact) mass is 464 g/mol. The number of ketones is 1. The van der Waals surface area contributed by atoms with E-state index in [-0.39, 0.29) is 45.4 Å². The molecule has 0 radical (unpaired) electrons. The number of hydrogen-bond acceptors (Lipinski definition) is 5. The first-order valence-electron chi connectivity index (χ1n) is 9.92. The number of ether oxygens (including phenoxy) is 2. The minimum absolute atomic E-state index is 0.0222. The van der Waals surface area contributed by atoms with Crippen molar-refractivity contribution in [1.82, 2.24) is 0 Å². The molecule has 8 heteroatoms. The first-order chi connectivity index (χ1) is 15.8. The molecular formula is C25H14ClFO6. The lowest BCUT2D eigenvalue weighted by molar-refractivity contribution is -0.135. The van der Waals surface area contributed by atoms with Gasteiger partial charge < -0.3 is 14.6 Å². The van der Waals surface area contributed by atoms with Crippen molar-refractivity contribution < 1.29 is 33.4 Å². The van der Waals surface area contributed by atoms with Gasteiger partial charge in [-0.15, -0.1) is 0 Å². The van der Waals surface area contributed by atoms with E-state index < -0.39 is 29.5 Å². The molecule has 164 valence electrons. The van der Waals surface area contributed by atoms with Crippen LogP contribution in [0, 0.1) is 5.82 Å². The second kappa shape index (κ2) is 7.86. The number of fused-ring (bicyclic) bond motifs is 3. The zero-order chi connectivity index (χ0) is 23.3. The SMILES string of the molecule is O=C1C[C@@H](c2ccc(C(=O)O)cc2)c2c(ccc3c2O/C(=C\c2c(F)cccc2Cl)C3=O)O1. The van der Waals surface area contributed by atoms with Crippen LogP contribution in [0.3, 0.4) is 0 Å².